The number of rotatable bonds is 4. The summed E-state index contributed by atoms with van der Waals surface area (Å²) in [5.41, 5.74) is 12.0. The average Bonchev–Trinajstić information content (AvgIpc) is 3.22. The smallest absolute Gasteiger partial charge is 0.221 e. The van der Waals surface area contributed by atoms with E-state index in [1.807, 2.05) is 77.7 Å². The summed E-state index contributed by atoms with van der Waals surface area (Å²) in [5, 5.41) is 4.49. The van der Waals surface area contributed by atoms with E-state index in [2.05, 4.69) is 27.2 Å². The van der Waals surface area contributed by atoms with E-state index in [1.54, 1.807) is 0 Å². The predicted molar refractivity (Wildman–Crippen MR) is 114 cm³/mol. The predicted octanol–water partition coefficient (Wildman–Crippen LogP) is 4.19. The van der Waals surface area contributed by atoms with Crippen LogP contribution in [0.1, 0.15) is 5.56 Å². The van der Waals surface area contributed by atoms with Gasteiger partial charge < -0.3 is 5.73 Å². The van der Waals surface area contributed by atoms with Gasteiger partial charge >= 0.3 is 0 Å². The van der Waals surface area contributed by atoms with Gasteiger partial charge in [-0.1, -0.05) is 60.7 Å². The standard InChI is InChI=1S/C23H18N6/c24-23-27-20-12-11-19(26-22(20)21(28-23)17-9-5-2-6-10-17)18-13-25-29(15-18)14-16-7-3-1-4-8-16/h1-13,15H,14H2,(H2,24,27,28). The fourth-order valence-corrected chi connectivity index (χ4v) is 3.34. The highest BCUT2D eigenvalue weighted by molar-refractivity contribution is 5.91. The van der Waals surface area contributed by atoms with Crippen molar-refractivity contribution in [2.24, 2.45) is 0 Å². The van der Waals surface area contributed by atoms with Gasteiger partial charge in [0.05, 0.1) is 24.0 Å². The van der Waals surface area contributed by atoms with Crippen LogP contribution in [0.15, 0.2) is 85.2 Å². The van der Waals surface area contributed by atoms with E-state index in [-0.39, 0.29) is 5.95 Å². The van der Waals surface area contributed by atoms with E-state index >= 15 is 0 Å². The first-order chi connectivity index (χ1) is 14.3. The summed E-state index contributed by atoms with van der Waals surface area (Å²) in [7, 11) is 0. The molecule has 3 heterocycles. The molecule has 0 fully saturated rings. The largest absolute Gasteiger partial charge is 0.368 e. The lowest BCUT2D eigenvalue weighted by Gasteiger charge is -2.07. The number of benzene rings is 2. The fraction of sp³-hybridized carbons (Fsp3) is 0.0435. The van der Waals surface area contributed by atoms with Crippen molar-refractivity contribution in [2.75, 3.05) is 5.73 Å². The minimum Gasteiger partial charge on any atom is -0.368 e. The summed E-state index contributed by atoms with van der Waals surface area (Å²) < 4.78 is 1.91. The Labute approximate surface area is 167 Å². The summed E-state index contributed by atoms with van der Waals surface area (Å²) in [4.78, 5) is 13.6. The molecule has 6 nitrogen and oxygen atoms in total. The second kappa shape index (κ2) is 7.16. The van der Waals surface area contributed by atoms with Crippen LogP contribution < -0.4 is 5.73 Å². The molecule has 0 bridgehead atoms. The fourth-order valence-electron chi connectivity index (χ4n) is 3.34. The normalized spacial score (nSPS) is 11.0. The quantitative estimate of drug-likeness (QED) is 0.507. The summed E-state index contributed by atoms with van der Waals surface area (Å²) >= 11 is 0. The van der Waals surface area contributed by atoms with Crippen LogP contribution in [0.2, 0.25) is 0 Å². The van der Waals surface area contributed by atoms with Gasteiger partial charge in [0.2, 0.25) is 5.95 Å². The van der Waals surface area contributed by atoms with Crippen molar-refractivity contribution in [3.63, 3.8) is 0 Å². The van der Waals surface area contributed by atoms with Gasteiger partial charge in [0.1, 0.15) is 11.2 Å². The third kappa shape index (κ3) is 3.43. The molecule has 29 heavy (non-hydrogen) atoms. The molecule has 0 unspecified atom stereocenters. The van der Waals surface area contributed by atoms with Crippen molar-refractivity contribution in [3.8, 4) is 22.5 Å². The number of aromatic nitrogens is 5. The molecule has 2 aromatic carbocycles. The van der Waals surface area contributed by atoms with E-state index in [1.165, 1.54) is 5.56 Å². The molecule has 0 aliphatic rings. The zero-order valence-corrected chi connectivity index (χ0v) is 15.6. The van der Waals surface area contributed by atoms with Crippen molar-refractivity contribution in [3.05, 3.63) is 90.8 Å². The van der Waals surface area contributed by atoms with Crippen molar-refractivity contribution >= 4 is 17.0 Å². The third-order valence-corrected chi connectivity index (χ3v) is 4.72. The van der Waals surface area contributed by atoms with Gasteiger partial charge in [-0.05, 0) is 17.7 Å². The first-order valence-electron chi connectivity index (χ1n) is 9.33. The summed E-state index contributed by atoms with van der Waals surface area (Å²) in [6.45, 7) is 0.712. The lowest BCUT2D eigenvalue weighted by molar-refractivity contribution is 0.687. The van der Waals surface area contributed by atoms with Gasteiger partial charge in [0.15, 0.2) is 0 Å². The molecule has 0 saturated carbocycles. The maximum Gasteiger partial charge on any atom is 0.221 e. The molecule has 0 radical (unpaired) electrons. The van der Waals surface area contributed by atoms with Crippen LogP contribution in [0.4, 0.5) is 5.95 Å². The Bertz CT molecular complexity index is 1280. The maximum absolute atomic E-state index is 5.92. The second-order valence-corrected chi connectivity index (χ2v) is 6.77. The molecule has 5 rings (SSSR count). The molecule has 0 saturated heterocycles. The van der Waals surface area contributed by atoms with Crippen LogP contribution >= 0.6 is 0 Å². The van der Waals surface area contributed by atoms with Gasteiger partial charge in [-0.25, -0.2) is 15.0 Å². The SMILES string of the molecule is Nc1nc(-c2ccccc2)c2nc(-c3cnn(Cc4ccccc4)c3)ccc2n1. The van der Waals surface area contributed by atoms with Crippen molar-refractivity contribution in [1.29, 1.82) is 0 Å². The molecule has 0 spiro atoms. The Balaban J connectivity index is 1.56. The number of hydrogen-bond acceptors (Lipinski definition) is 5. The molecule has 6 heteroatoms. The molecular formula is C23H18N6. The number of nitrogens with zero attached hydrogens (tertiary/aromatic N) is 5. The first-order valence-corrected chi connectivity index (χ1v) is 9.33. The molecule has 3 aromatic heterocycles. The Kier molecular flexibility index (Phi) is 4.22. The highest BCUT2D eigenvalue weighted by atomic mass is 15.3. The van der Waals surface area contributed by atoms with Crippen LogP contribution in [0.5, 0.6) is 0 Å². The van der Waals surface area contributed by atoms with Gasteiger partial charge in [-0.15, -0.1) is 0 Å². The molecule has 0 aliphatic carbocycles. The minimum absolute atomic E-state index is 0.238. The molecule has 140 valence electrons. The molecule has 5 aromatic rings. The average molecular weight is 378 g/mol. The zero-order valence-electron chi connectivity index (χ0n) is 15.6. The Morgan fingerprint density at radius 3 is 2.31 bits per heavy atom. The van der Waals surface area contributed by atoms with Crippen LogP contribution in [0.25, 0.3) is 33.5 Å². The maximum atomic E-state index is 5.92. The van der Waals surface area contributed by atoms with E-state index in [4.69, 9.17) is 10.7 Å². The number of nitrogens with two attached hydrogens (primary N) is 1. The topological polar surface area (TPSA) is 82.5 Å². The summed E-state index contributed by atoms with van der Waals surface area (Å²) in [6, 6.07) is 24.0. The monoisotopic (exact) mass is 378 g/mol. The first kappa shape index (κ1) is 17.1. The lowest BCUT2D eigenvalue weighted by atomic mass is 10.1. The number of nitrogen functional groups attached to an aromatic ring is 1. The van der Waals surface area contributed by atoms with E-state index in [0.717, 1.165) is 33.5 Å². The van der Waals surface area contributed by atoms with Crippen LogP contribution in [-0.4, -0.2) is 24.7 Å². The Morgan fingerprint density at radius 2 is 1.52 bits per heavy atom. The number of fused-ring (bicyclic) bond motifs is 1. The van der Waals surface area contributed by atoms with Gasteiger partial charge in [-0.3, -0.25) is 4.68 Å². The molecule has 0 atom stereocenters. The summed E-state index contributed by atoms with van der Waals surface area (Å²) in [6.07, 6.45) is 3.83. The molecule has 0 amide bonds. The molecule has 0 aliphatic heterocycles. The second-order valence-electron chi connectivity index (χ2n) is 6.77. The minimum atomic E-state index is 0.238. The van der Waals surface area contributed by atoms with Crippen molar-refractivity contribution in [2.45, 2.75) is 6.54 Å². The molecule has 2 N–H and O–H groups in total. The van der Waals surface area contributed by atoms with E-state index in [9.17, 15) is 0 Å². The Hall–Kier alpha value is -4.06. The highest BCUT2D eigenvalue weighted by Crippen LogP contribution is 2.28. The van der Waals surface area contributed by atoms with Crippen molar-refractivity contribution < 1.29 is 0 Å². The van der Waals surface area contributed by atoms with E-state index < -0.39 is 0 Å². The summed E-state index contributed by atoms with van der Waals surface area (Å²) in [5.74, 6) is 0.238. The highest BCUT2D eigenvalue weighted by Gasteiger charge is 2.12. The lowest BCUT2D eigenvalue weighted by Crippen LogP contribution is -2.00. The third-order valence-electron chi connectivity index (χ3n) is 4.72. The van der Waals surface area contributed by atoms with Crippen molar-refractivity contribution in [1.82, 2.24) is 24.7 Å². The van der Waals surface area contributed by atoms with Gasteiger partial charge in [0.25, 0.3) is 0 Å². The number of pyridine rings is 1. The number of anilines is 1. The van der Waals surface area contributed by atoms with E-state index in [0.29, 0.717) is 6.54 Å². The number of hydrogen-bond donors (Lipinski definition) is 1. The van der Waals surface area contributed by atoms with Crippen LogP contribution in [0, 0.1) is 0 Å². The van der Waals surface area contributed by atoms with Gasteiger partial charge in [0, 0.05) is 17.3 Å². The van der Waals surface area contributed by atoms with Crippen LogP contribution in [0.3, 0.4) is 0 Å². The van der Waals surface area contributed by atoms with Crippen LogP contribution in [-0.2, 0) is 6.54 Å². The zero-order chi connectivity index (χ0) is 19.6. The molecular weight excluding hydrogens is 360 g/mol. The van der Waals surface area contributed by atoms with Gasteiger partial charge in [-0.2, -0.15) is 5.10 Å². The Morgan fingerprint density at radius 1 is 0.759 bits per heavy atom.